The number of piperidine rings is 1. The molecule has 1 aliphatic rings. The van der Waals surface area contributed by atoms with Gasteiger partial charge in [0.05, 0.1) is 13.2 Å². The first kappa shape index (κ1) is 20.7. The van der Waals surface area contributed by atoms with Gasteiger partial charge >= 0.3 is 0 Å². The summed E-state index contributed by atoms with van der Waals surface area (Å²) >= 11 is 0. The van der Waals surface area contributed by atoms with Crippen molar-refractivity contribution in [1.82, 2.24) is 14.8 Å². The quantitative estimate of drug-likeness (QED) is 0.802. The van der Waals surface area contributed by atoms with Gasteiger partial charge in [0.1, 0.15) is 5.75 Å². The number of carbonyl (C=O) groups excluding carboxylic acids is 1. The van der Waals surface area contributed by atoms with Crippen molar-refractivity contribution in [3.63, 3.8) is 0 Å². The zero-order valence-corrected chi connectivity index (χ0v) is 18.2. The first-order valence-corrected chi connectivity index (χ1v) is 10.5. The third-order valence-electron chi connectivity index (χ3n) is 6.16. The van der Waals surface area contributed by atoms with Gasteiger partial charge < -0.3 is 14.6 Å². The summed E-state index contributed by atoms with van der Waals surface area (Å²) in [4.78, 5) is 20.8. The van der Waals surface area contributed by atoms with Crippen LogP contribution in [0.4, 0.5) is 0 Å². The first-order chi connectivity index (χ1) is 13.3. The van der Waals surface area contributed by atoms with Gasteiger partial charge in [-0.25, -0.2) is 0 Å². The number of nitrogens with zero attached hydrogens (tertiary/aromatic N) is 2. The fourth-order valence-corrected chi connectivity index (χ4v) is 4.66. The lowest BCUT2D eigenvalue weighted by Crippen LogP contribution is -2.53. The van der Waals surface area contributed by atoms with Gasteiger partial charge in [0.25, 0.3) is 0 Å². The Bertz CT molecular complexity index is 795. The fraction of sp³-hybridized carbons (Fsp3) is 0.609. The number of H-pyrrole nitrogens is 1. The van der Waals surface area contributed by atoms with Crippen LogP contribution in [0.25, 0.3) is 10.9 Å². The summed E-state index contributed by atoms with van der Waals surface area (Å²) in [5, 5.41) is 1.26. The fourth-order valence-electron chi connectivity index (χ4n) is 4.66. The zero-order valence-electron chi connectivity index (χ0n) is 18.2. The number of amides is 1. The molecule has 1 aromatic heterocycles. The molecule has 1 fully saturated rings. The highest BCUT2D eigenvalue weighted by atomic mass is 16.5. The minimum absolute atomic E-state index is 0.0613. The van der Waals surface area contributed by atoms with Gasteiger partial charge in [-0.1, -0.05) is 0 Å². The standard InChI is InChI=1S/C23H35N3O2/c1-15(2)26(16(3)4)23(27)17(5)25-11-9-18(10-12-25)21-14-24-22-8-7-19(28-6)13-20(21)22/h7-8,13-18,24H,9-12H2,1-6H3. The zero-order chi connectivity index (χ0) is 20.4. The maximum Gasteiger partial charge on any atom is 0.240 e. The van der Waals surface area contributed by atoms with E-state index in [1.165, 1.54) is 10.9 Å². The van der Waals surface area contributed by atoms with Gasteiger partial charge in [-0.3, -0.25) is 9.69 Å². The molecule has 1 aliphatic heterocycles. The summed E-state index contributed by atoms with van der Waals surface area (Å²) in [5.41, 5.74) is 2.53. The molecule has 2 aromatic rings. The minimum Gasteiger partial charge on any atom is -0.497 e. The van der Waals surface area contributed by atoms with Crippen molar-refractivity contribution >= 4 is 16.8 Å². The van der Waals surface area contributed by atoms with Crippen LogP contribution in [-0.4, -0.2) is 59.0 Å². The van der Waals surface area contributed by atoms with Crippen molar-refractivity contribution in [2.24, 2.45) is 0 Å². The molecule has 28 heavy (non-hydrogen) atoms. The van der Waals surface area contributed by atoms with Gasteiger partial charge in [0.15, 0.2) is 0 Å². The second kappa shape index (κ2) is 8.56. The average Bonchev–Trinajstić information content (AvgIpc) is 3.10. The predicted molar refractivity (Wildman–Crippen MR) is 115 cm³/mol. The molecule has 1 unspecified atom stereocenters. The van der Waals surface area contributed by atoms with Crippen LogP contribution in [0, 0.1) is 0 Å². The van der Waals surface area contributed by atoms with Crippen molar-refractivity contribution in [1.29, 1.82) is 0 Å². The van der Waals surface area contributed by atoms with Crippen LogP contribution >= 0.6 is 0 Å². The van der Waals surface area contributed by atoms with E-state index in [2.05, 4.69) is 62.8 Å². The lowest BCUT2D eigenvalue weighted by atomic mass is 9.88. The third-order valence-corrected chi connectivity index (χ3v) is 6.16. The number of aromatic nitrogens is 1. The summed E-state index contributed by atoms with van der Waals surface area (Å²) in [5.74, 6) is 1.67. The molecule has 1 saturated heterocycles. The Morgan fingerprint density at radius 3 is 2.36 bits per heavy atom. The van der Waals surface area contributed by atoms with Gasteiger partial charge in [0, 0.05) is 29.2 Å². The molecule has 0 spiro atoms. The van der Waals surface area contributed by atoms with E-state index in [1.54, 1.807) is 7.11 Å². The number of nitrogens with one attached hydrogen (secondary N) is 1. The molecule has 1 amide bonds. The number of aromatic amines is 1. The molecule has 0 aliphatic carbocycles. The molecule has 0 bridgehead atoms. The molecule has 1 N–H and O–H groups in total. The summed E-state index contributed by atoms with van der Waals surface area (Å²) in [6, 6.07) is 6.60. The number of rotatable bonds is 6. The van der Waals surface area contributed by atoms with Crippen LogP contribution in [0.3, 0.4) is 0 Å². The van der Waals surface area contributed by atoms with Crippen LogP contribution in [0.5, 0.6) is 5.75 Å². The van der Waals surface area contributed by atoms with Crippen molar-refractivity contribution in [3.8, 4) is 5.75 Å². The Kier molecular flexibility index (Phi) is 6.33. The number of hydrogen-bond donors (Lipinski definition) is 1. The number of likely N-dealkylation sites (tertiary alicyclic amines) is 1. The second-order valence-corrected chi connectivity index (χ2v) is 8.57. The minimum atomic E-state index is -0.0613. The van der Waals surface area contributed by atoms with Crippen LogP contribution in [0.2, 0.25) is 0 Å². The summed E-state index contributed by atoms with van der Waals surface area (Å²) in [7, 11) is 1.71. The van der Waals surface area contributed by atoms with Crippen molar-refractivity contribution in [2.45, 2.75) is 71.5 Å². The van der Waals surface area contributed by atoms with Gasteiger partial charge in [-0.15, -0.1) is 0 Å². The van der Waals surface area contributed by atoms with E-state index in [4.69, 9.17) is 4.74 Å². The van der Waals surface area contributed by atoms with E-state index in [0.29, 0.717) is 5.92 Å². The van der Waals surface area contributed by atoms with E-state index in [0.717, 1.165) is 37.2 Å². The van der Waals surface area contributed by atoms with E-state index >= 15 is 0 Å². The first-order valence-electron chi connectivity index (χ1n) is 10.5. The number of hydrogen-bond acceptors (Lipinski definition) is 3. The van der Waals surface area contributed by atoms with E-state index in [1.807, 2.05) is 11.0 Å². The van der Waals surface area contributed by atoms with Crippen LogP contribution in [0.1, 0.15) is 58.9 Å². The molecule has 1 aromatic carbocycles. The molecule has 0 saturated carbocycles. The van der Waals surface area contributed by atoms with Gasteiger partial charge in [-0.2, -0.15) is 0 Å². The Balaban J connectivity index is 1.68. The van der Waals surface area contributed by atoms with Crippen molar-refractivity contribution < 1.29 is 9.53 Å². The van der Waals surface area contributed by atoms with Crippen molar-refractivity contribution in [2.75, 3.05) is 20.2 Å². The number of carbonyl (C=O) groups is 1. The third kappa shape index (κ3) is 4.04. The van der Waals surface area contributed by atoms with Crippen LogP contribution < -0.4 is 4.74 Å². The molecule has 0 radical (unpaired) electrons. The Labute approximate surface area is 169 Å². The smallest absolute Gasteiger partial charge is 0.240 e. The Morgan fingerprint density at radius 1 is 1.14 bits per heavy atom. The number of benzene rings is 1. The highest BCUT2D eigenvalue weighted by Gasteiger charge is 2.32. The number of methoxy groups -OCH3 is 1. The Morgan fingerprint density at radius 2 is 1.79 bits per heavy atom. The van der Waals surface area contributed by atoms with Crippen molar-refractivity contribution in [3.05, 3.63) is 30.0 Å². The highest BCUT2D eigenvalue weighted by Crippen LogP contribution is 2.35. The largest absolute Gasteiger partial charge is 0.497 e. The number of ether oxygens (including phenoxy) is 1. The monoisotopic (exact) mass is 385 g/mol. The molecule has 2 heterocycles. The molecule has 1 atom stereocenters. The predicted octanol–water partition coefficient (Wildman–Crippen LogP) is 4.39. The molecule has 3 rings (SSSR count). The highest BCUT2D eigenvalue weighted by molar-refractivity contribution is 5.85. The van der Waals surface area contributed by atoms with Gasteiger partial charge in [0.2, 0.25) is 5.91 Å². The second-order valence-electron chi connectivity index (χ2n) is 8.57. The van der Waals surface area contributed by atoms with E-state index < -0.39 is 0 Å². The topological polar surface area (TPSA) is 48.6 Å². The Hall–Kier alpha value is -2.01. The summed E-state index contributed by atoms with van der Waals surface area (Å²) in [6.07, 6.45) is 4.30. The maximum absolute atomic E-state index is 13.0. The van der Waals surface area contributed by atoms with E-state index in [9.17, 15) is 4.79 Å². The van der Waals surface area contributed by atoms with Gasteiger partial charge in [-0.05, 0) is 90.2 Å². The average molecular weight is 386 g/mol. The number of fused-ring (bicyclic) bond motifs is 1. The van der Waals surface area contributed by atoms with E-state index in [-0.39, 0.29) is 24.0 Å². The lowest BCUT2D eigenvalue weighted by molar-refractivity contribution is -0.140. The SMILES string of the molecule is COc1ccc2[nH]cc(C3CCN(C(C)C(=O)N(C(C)C)C(C)C)CC3)c2c1. The maximum atomic E-state index is 13.0. The molecule has 154 valence electrons. The normalized spacial score (nSPS) is 17.4. The van der Waals surface area contributed by atoms with Crippen LogP contribution in [-0.2, 0) is 4.79 Å². The summed E-state index contributed by atoms with van der Waals surface area (Å²) in [6.45, 7) is 12.4. The molecule has 5 heteroatoms. The molecule has 5 nitrogen and oxygen atoms in total. The molecular formula is C23H35N3O2. The van der Waals surface area contributed by atoms with Crippen LogP contribution in [0.15, 0.2) is 24.4 Å². The lowest BCUT2D eigenvalue weighted by Gasteiger charge is -2.40. The molecular weight excluding hydrogens is 350 g/mol. The summed E-state index contributed by atoms with van der Waals surface area (Å²) < 4.78 is 5.41.